The summed E-state index contributed by atoms with van der Waals surface area (Å²) in [5.74, 6) is 0.0236. The van der Waals surface area contributed by atoms with Crippen LogP contribution in [0, 0.1) is 0 Å². The second-order valence-corrected chi connectivity index (χ2v) is 8.84. The summed E-state index contributed by atoms with van der Waals surface area (Å²) in [7, 11) is 3.71. The summed E-state index contributed by atoms with van der Waals surface area (Å²) in [5, 5.41) is 2.94. The first kappa shape index (κ1) is 23.7. The van der Waals surface area contributed by atoms with Gasteiger partial charge in [-0.3, -0.25) is 9.59 Å². The zero-order valence-corrected chi connectivity index (χ0v) is 19.7. The van der Waals surface area contributed by atoms with Crippen molar-refractivity contribution < 1.29 is 14.3 Å². The number of rotatable bonds is 6. The molecular formula is C27H32N4O3. The Morgan fingerprint density at radius 3 is 2.35 bits per heavy atom. The highest BCUT2D eigenvalue weighted by molar-refractivity contribution is 6.09. The molecule has 2 aliphatic rings. The largest absolute Gasteiger partial charge is 0.497 e. The van der Waals surface area contributed by atoms with Crippen molar-refractivity contribution in [2.75, 3.05) is 45.2 Å². The van der Waals surface area contributed by atoms with Gasteiger partial charge in [-0.2, -0.15) is 0 Å². The van der Waals surface area contributed by atoms with Gasteiger partial charge in [-0.1, -0.05) is 18.2 Å². The topological polar surface area (TPSA) is 87.9 Å². The quantitative estimate of drug-likeness (QED) is 0.645. The molecule has 1 aliphatic carbocycles. The van der Waals surface area contributed by atoms with Crippen molar-refractivity contribution in [3.63, 3.8) is 0 Å². The van der Waals surface area contributed by atoms with Crippen LogP contribution in [0.3, 0.4) is 0 Å². The summed E-state index contributed by atoms with van der Waals surface area (Å²) in [4.78, 5) is 31.5. The van der Waals surface area contributed by atoms with Crippen LogP contribution >= 0.6 is 0 Å². The minimum atomic E-state index is -1.38. The third-order valence-corrected chi connectivity index (χ3v) is 6.58. The molecule has 7 nitrogen and oxygen atoms in total. The number of allylic oxidation sites excluding steroid dienone is 2. The zero-order valence-electron chi connectivity index (χ0n) is 19.7. The van der Waals surface area contributed by atoms with Gasteiger partial charge in [0, 0.05) is 36.4 Å². The van der Waals surface area contributed by atoms with Gasteiger partial charge in [0.1, 0.15) is 11.3 Å². The van der Waals surface area contributed by atoms with E-state index in [2.05, 4.69) is 22.2 Å². The molecule has 0 radical (unpaired) electrons. The van der Waals surface area contributed by atoms with Crippen LogP contribution in [-0.4, -0.2) is 68.5 Å². The molecule has 2 unspecified atom stereocenters. The summed E-state index contributed by atoms with van der Waals surface area (Å²) in [6, 6.07) is 13.6. The molecule has 3 N–H and O–H groups in total. The van der Waals surface area contributed by atoms with Crippen LogP contribution in [0.2, 0.25) is 0 Å². The lowest BCUT2D eigenvalue weighted by molar-refractivity contribution is 0.0795. The highest BCUT2D eigenvalue weighted by atomic mass is 16.5. The average Bonchev–Trinajstić information content (AvgIpc) is 3.09. The molecule has 0 aromatic heterocycles. The molecule has 0 saturated carbocycles. The van der Waals surface area contributed by atoms with Gasteiger partial charge >= 0.3 is 0 Å². The Bertz CT molecular complexity index is 1080. The van der Waals surface area contributed by atoms with Crippen LogP contribution in [0.15, 0.2) is 72.8 Å². The number of nitrogens with two attached hydrogens (primary N) is 1. The molecule has 1 aliphatic heterocycles. The number of benzene rings is 2. The molecule has 2 aromatic carbocycles. The van der Waals surface area contributed by atoms with E-state index >= 15 is 0 Å². The lowest BCUT2D eigenvalue weighted by Crippen LogP contribution is -2.63. The van der Waals surface area contributed by atoms with Crippen molar-refractivity contribution >= 4 is 17.4 Å². The Hall–Kier alpha value is -3.42. The second-order valence-electron chi connectivity index (χ2n) is 8.84. The number of methoxy groups -OCH3 is 1. The van der Waals surface area contributed by atoms with Gasteiger partial charge < -0.3 is 25.6 Å². The highest BCUT2D eigenvalue weighted by Gasteiger charge is 2.43. The third-order valence-electron chi connectivity index (χ3n) is 6.58. The van der Waals surface area contributed by atoms with Crippen molar-refractivity contribution in [3.05, 3.63) is 84.0 Å². The number of hydrogen-bond donors (Lipinski definition) is 2. The maximum Gasteiger partial charge on any atom is 0.252 e. The van der Waals surface area contributed by atoms with Gasteiger partial charge in [-0.25, -0.2) is 0 Å². The van der Waals surface area contributed by atoms with Crippen LogP contribution in [0.1, 0.15) is 27.1 Å². The van der Waals surface area contributed by atoms with Crippen molar-refractivity contribution in [1.29, 1.82) is 0 Å². The molecular weight excluding hydrogens is 428 g/mol. The monoisotopic (exact) mass is 460 g/mol. The molecule has 1 amide bonds. The molecule has 0 bridgehead atoms. The van der Waals surface area contributed by atoms with Gasteiger partial charge in [0.25, 0.3) is 5.91 Å². The van der Waals surface area contributed by atoms with Crippen molar-refractivity contribution in [2.45, 2.75) is 18.0 Å². The number of carbonyl (C=O) groups is 2. The number of ether oxygens (including phenoxy) is 1. The van der Waals surface area contributed by atoms with Gasteiger partial charge in [0.05, 0.1) is 13.2 Å². The molecule has 34 heavy (non-hydrogen) atoms. The normalized spacial score (nSPS) is 22.8. The minimum absolute atomic E-state index is 0.276. The Balaban J connectivity index is 1.55. The first-order valence-corrected chi connectivity index (χ1v) is 11.6. The van der Waals surface area contributed by atoms with Crippen molar-refractivity contribution in [1.82, 2.24) is 10.2 Å². The molecule has 1 fully saturated rings. The fraction of sp³-hybridized carbons (Fsp3) is 0.333. The van der Waals surface area contributed by atoms with E-state index in [0.29, 0.717) is 16.9 Å². The van der Waals surface area contributed by atoms with E-state index in [1.807, 2.05) is 12.1 Å². The first-order valence-electron chi connectivity index (χ1n) is 11.6. The number of amides is 1. The summed E-state index contributed by atoms with van der Waals surface area (Å²) in [6.45, 7) is 4.04. The van der Waals surface area contributed by atoms with E-state index in [4.69, 9.17) is 10.5 Å². The number of likely N-dealkylation sites (N-methyl/N-ethyl adjacent to an activating group) is 1. The highest BCUT2D eigenvalue weighted by Crippen LogP contribution is 2.25. The lowest BCUT2D eigenvalue weighted by atomic mass is 9.79. The maximum atomic E-state index is 13.6. The van der Waals surface area contributed by atoms with E-state index < -0.39 is 11.6 Å². The van der Waals surface area contributed by atoms with Gasteiger partial charge in [-0.05, 0) is 74.6 Å². The Morgan fingerprint density at radius 2 is 1.68 bits per heavy atom. The fourth-order valence-electron chi connectivity index (χ4n) is 4.43. The smallest absolute Gasteiger partial charge is 0.252 e. The SMILES string of the molecule is COc1ccc(C(=O)C2(NC(=O)c3ccc(N4CCCN(C)CC4)cc3)C=CC=CC2N)cc1. The number of nitrogens with one attached hydrogen (secondary N) is 1. The lowest BCUT2D eigenvalue weighted by Gasteiger charge is -2.36. The summed E-state index contributed by atoms with van der Waals surface area (Å²) in [6.07, 6.45) is 8.02. The van der Waals surface area contributed by atoms with Crippen LogP contribution in [0.4, 0.5) is 5.69 Å². The van der Waals surface area contributed by atoms with Gasteiger partial charge in [0.2, 0.25) is 0 Å². The van der Waals surface area contributed by atoms with E-state index in [9.17, 15) is 9.59 Å². The zero-order chi connectivity index (χ0) is 24.1. The molecule has 2 atom stereocenters. The number of nitrogens with zero attached hydrogens (tertiary/aromatic N) is 2. The molecule has 7 heteroatoms. The van der Waals surface area contributed by atoms with E-state index in [0.717, 1.165) is 38.3 Å². The van der Waals surface area contributed by atoms with Crippen LogP contribution < -0.4 is 20.7 Å². The predicted molar refractivity (Wildman–Crippen MR) is 135 cm³/mol. The van der Waals surface area contributed by atoms with Crippen LogP contribution in [0.25, 0.3) is 0 Å². The third kappa shape index (κ3) is 4.90. The molecule has 0 spiro atoms. The molecule has 4 rings (SSSR count). The summed E-state index contributed by atoms with van der Waals surface area (Å²) in [5.41, 5.74) is 7.01. The van der Waals surface area contributed by atoms with Crippen LogP contribution in [0.5, 0.6) is 5.75 Å². The van der Waals surface area contributed by atoms with E-state index in [-0.39, 0.29) is 11.7 Å². The number of anilines is 1. The van der Waals surface area contributed by atoms with Crippen LogP contribution in [-0.2, 0) is 0 Å². The molecule has 1 heterocycles. The summed E-state index contributed by atoms with van der Waals surface area (Å²) < 4.78 is 5.19. The Labute approximate surface area is 200 Å². The number of Topliss-reactive ketones (excluding diaryl/α,β-unsaturated/α-hetero) is 1. The van der Waals surface area contributed by atoms with E-state index in [1.165, 1.54) is 0 Å². The first-order chi connectivity index (χ1) is 16.4. The standard InChI is InChI=1S/C27H32N4O3/c1-30-16-5-17-31(19-18-30)22-11-7-21(8-12-22)26(33)29-27(15-4-3-6-24(27)28)25(32)20-9-13-23(34-2)14-10-20/h3-4,6-15,24H,5,16-19,28H2,1-2H3,(H,29,33). The predicted octanol–water partition coefficient (Wildman–Crippen LogP) is 2.64. The number of hydrogen-bond acceptors (Lipinski definition) is 6. The van der Waals surface area contributed by atoms with E-state index in [1.54, 1.807) is 67.8 Å². The average molecular weight is 461 g/mol. The second kappa shape index (κ2) is 10.2. The summed E-state index contributed by atoms with van der Waals surface area (Å²) >= 11 is 0. The number of carbonyl (C=O) groups excluding carboxylic acids is 2. The Kier molecular flexibility index (Phi) is 7.14. The molecule has 1 saturated heterocycles. The molecule has 2 aromatic rings. The van der Waals surface area contributed by atoms with Crippen molar-refractivity contribution in [3.8, 4) is 5.75 Å². The maximum absolute atomic E-state index is 13.6. The fourth-order valence-corrected chi connectivity index (χ4v) is 4.43. The Morgan fingerprint density at radius 1 is 0.971 bits per heavy atom. The van der Waals surface area contributed by atoms with Crippen molar-refractivity contribution in [2.24, 2.45) is 5.73 Å². The van der Waals surface area contributed by atoms with Gasteiger partial charge in [0.15, 0.2) is 5.78 Å². The van der Waals surface area contributed by atoms with Gasteiger partial charge in [-0.15, -0.1) is 0 Å². The minimum Gasteiger partial charge on any atom is -0.497 e. The number of ketones is 1. The molecule has 178 valence electrons.